The minimum absolute atomic E-state index is 0.0574. The third kappa shape index (κ3) is 3.16. The second-order valence-electron chi connectivity index (χ2n) is 4.99. The van der Waals surface area contributed by atoms with Gasteiger partial charge in [0.15, 0.2) is 0 Å². The summed E-state index contributed by atoms with van der Waals surface area (Å²) in [7, 11) is -3.89. The summed E-state index contributed by atoms with van der Waals surface area (Å²) in [5.41, 5.74) is 0.370. The average molecular weight is 319 g/mol. The normalized spacial score (nSPS) is 17.8. The van der Waals surface area contributed by atoms with Crippen molar-refractivity contribution in [3.63, 3.8) is 0 Å². The molecule has 1 aliphatic carbocycles. The van der Waals surface area contributed by atoms with E-state index >= 15 is 0 Å². The van der Waals surface area contributed by atoms with Crippen LogP contribution in [0.1, 0.15) is 24.8 Å². The summed E-state index contributed by atoms with van der Waals surface area (Å²) in [5, 5.41) is 9.02. The van der Waals surface area contributed by atoms with Crippen molar-refractivity contribution in [2.75, 3.05) is 12.8 Å². The van der Waals surface area contributed by atoms with E-state index in [0.29, 0.717) is 12.1 Å². The Labute approximate surface area is 122 Å². The Morgan fingerprint density at radius 1 is 1.45 bits per heavy atom. The van der Waals surface area contributed by atoms with Crippen LogP contribution >= 0.6 is 11.8 Å². The number of benzene rings is 1. The molecule has 0 saturated heterocycles. The molecule has 1 fully saturated rings. The first-order valence-electron chi connectivity index (χ1n) is 6.36. The zero-order valence-corrected chi connectivity index (χ0v) is 12.9. The van der Waals surface area contributed by atoms with Crippen LogP contribution in [0.3, 0.4) is 0 Å². The summed E-state index contributed by atoms with van der Waals surface area (Å²) in [5.74, 6) is -0.804. The van der Waals surface area contributed by atoms with Gasteiger partial charge in [0.1, 0.15) is 10.7 Å². The standard InChI is InChI=1S/C13H18FNO3S2/c1-19-13(5-2-6-13)9-15-20(17,18)12-7-10(8-16)3-4-11(12)14/h3-4,7,15-16H,2,5-6,8-9H2,1H3. The zero-order chi connectivity index (χ0) is 14.8. The molecule has 7 heteroatoms. The van der Waals surface area contributed by atoms with E-state index in [1.54, 1.807) is 11.8 Å². The zero-order valence-electron chi connectivity index (χ0n) is 11.2. The van der Waals surface area contributed by atoms with Gasteiger partial charge in [-0.3, -0.25) is 0 Å². The van der Waals surface area contributed by atoms with Gasteiger partial charge in [-0.05, 0) is 36.8 Å². The number of halogens is 1. The largest absolute Gasteiger partial charge is 0.392 e. The monoisotopic (exact) mass is 319 g/mol. The number of aliphatic hydroxyl groups is 1. The Morgan fingerprint density at radius 2 is 2.15 bits per heavy atom. The highest BCUT2D eigenvalue weighted by Gasteiger charge is 2.37. The molecule has 0 aromatic heterocycles. The van der Waals surface area contributed by atoms with Crippen molar-refractivity contribution in [1.29, 1.82) is 0 Å². The maximum Gasteiger partial charge on any atom is 0.243 e. The highest BCUT2D eigenvalue weighted by Crippen LogP contribution is 2.42. The summed E-state index contributed by atoms with van der Waals surface area (Å²) in [6.45, 7) is -0.0170. The predicted octanol–water partition coefficient (Wildman–Crippen LogP) is 1.88. The first kappa shape index (κ1) is 15.8. The fourth-order valence-corrected chi connectivity index (χ4v) is 4.44. The second kappa shape index (κ2) is 6.01. The number of hydrogen-bond acceptors (Lipinski definition) is 4. The van der Waals surface area contributed by atoms with Gasteiger partial charge in [-0.2, -0.15) is 11.8 Å². The van der Waals surface area contributed by atoms with E-state index in [9.17, 15) is 12.8 Å². The number of sulfonamides is 1. The van der Waals surface area contributed by atoms with Crippen LogP contribution in [0.15, 0.2) is 23.1 Å². The van der Waals surface area contributed by atoms with Crippen molar-refractivity contribution >= 4 is 21.8 Å². The maximum absolute atomic E-state index is 13.7. The maximum atomic E-state index is 13.7. The molecular formula is C13H18FNO3S2. The van der Waals surface area contributed by atoms with Gasteiger partial charge in [0.25, 0.3) is 0 Å². The van der Waals surface area contributed by atoms with Gasteiger partial charge in [-0.25, -0.2) is 17.5 Å². The number of hydrogen-bond donors (Lipinski definition) is 2. The molecule has 0 amide bonds. The van der Waals surface area contributed by atoms with Crippen LogP contribution in [-0.2, 0) is 16.6 Å². The quantitative estimate of drug-likeness (QED) is 0.840. The molecule has 0 heterocycles. The molecule has 112 valence electrons. The minimum Gasteiger partial charge on any atom is -0.392 e. The molecule has 20 heavy (non-hydrogen) atoms. The highest BCUT2D eigenvalue weighted by molar-refractivity contribution is 8.00. The van der Waals surface area contributed by atoms with Crippen LogP contribution in [0, 0.1) is 5.82 Å². The van der Waals surface area contributed by atoms with Crippen molar-refractivity contribution in [2.24, 2.45) is 0 Å². The molecule has 2 rings (SSSR count). The molecule has 0 spiro atoms. The van der Waals surface area contributed by atoms with E-state index in [0.717, 1.165) is 25.3 Å². The van der Waals surface area contributed by atoms with E-state index in [1.165, 1.54) is 12.1 Å². The lowest BCUT2D eigenvalue weighted by atomic mass is 9.84. The molecule has 1 aromatic carbocycles. The molecule has 0 aliphatic heterocycles. The highest BCUT2D eigenvalue weighted by atomic mass is 32.2. The van der Waals surface area contributed by atoms with Gasteiger partial charge < -0.3 is 5.11 Å². The van der Waals surface area contributed by atoms with Crippen LogP contribution in [0.5, 0.6) is 0 Å². The van der Waals surface area contributed by atoms with E-state index in [1.807, 2.05) is 6.26 Å². The molecular weight excluding hydrogens is 301 g/mol. The average Bonchev–Trinajstić information content (AvgIpc) is 2.38. The Morgan fingerprint density at radius 3 is 2.65 bits per heavy atom. The third-order valence-corrected chi connectivity index (χ3v) is 6.58. The summed E-state index contributed by atoms with van der Waals surface area (Å²) >= 11 is 1.65. The fourth-order valence-electron chi connectivity index (χ4n) is 2.18. The van der Waals surface area contributed by atoms with E-state index < -0.39 is 20.7 Å². The molecule has 0 bridgehead atoms. The van der Waals surface area contributed by atoms with Gasteiger partial charge in [0.2, 0.25) is 10.0 Å². The molecule has 0 unspecified atom stereocenters. The first-order valence-corrected chi connectivity index (χ1v) is 9.07. The molecule has 0 radical (unpaired) electrons. The van der Waals surface area contributed by atoms with Crippen molar-refractivity contribution < 1.29 is 17.9 Å². The van der Waals surface area contributed by atoms with Crippen molar-refractivity contribution in [1.82, 2.24) is 4.72 Å². The van der Waals surface area contributed by atoms with Gasteiger partial charge in [-0.1, -0.05) is 12.5 Å². The van der Waals surface area contributed by atoms with E-state index in [-0.39, 0.29) is 11.4 Å². The fraction of sp³-hybridized carbons (Fsp3) is 0.538. The molecule has 4 nitrogen and oxygen atoms in total. The van der Waals surface area contributed by atoms with E-state index in [4.69, 9.17) is 5.11 Å². The molecule has 1 aromatic rings. The number of thioether (sulfide) groups is 1. The lowest BCUT2D eigenvalue weighted by Gasteiger charge is -2.40. The summed E-state index contributed by atoms with van der Waals surface area (Å²) < 4.78 is 40.5. The van der Waals surface area contributed by atoms with Gasteiger partial charge in [-0.15, -0.1) is 0 Å². The van der Waals surface area contributed by atoms with Crippen LogP contribution in [-0.4, -0.2) is 31.1 Å². The van der Waals surface area contributed by atoms with Crippen LogP contribution in [0.25, 0.3) is 0 Å². The Balaban J connectivity index is 2.18. The molecule has 0 atom stereocenters. The Kier molecular flexibility index (Phi) is 4.73. The topological polar surface area (TPSA) is 66.4 Å². The van der Waals surface area contributed by atoms with Gasteiger partial charge in [0, 0.05) is 11.3 Å². The molecule has 1 aliphatic rings. The summed E-state index contributed by atoms with van der Waals surface area (Å²) in [6, 6.07) is 3.60. The second-order valence-corrected chi connectivity index (χ2v) is 8.00. The Hall–Kier alpha value is -0.630. The van der Waals surface area contributed by atoms with Crippen LogP contribution in [0.2, 0.25) is 0 Å². The number of rotatable bonds is 6. The Bertz CT molecular complexity index is 580. The summed E-state index contributed by atoms with van der Waals surface area (Å²) in [6.07, 6.45) is 4.99. The molecule has 2 N–H and O–H groups in total. The van der Waals surface area contributed by atoms with Gasteiger partial charge >= 0.3 is 0 Å². The predicted molar refractivity (Wildman–Crippen MR) is 77.6 cm³/mol. The smallest absolute Gasteiger partial charge is 0.243 e. The molecule has 1 saturated carbocycles. The third-order valence-electron chi connectivity index (χ3n) is 3.75. The first-order chi connectivity index (χ1) is 9.42. The summed E-state index contributed by atoms with van der Waals surface area (Å²) in [4.78, 5) is -0.403. The number of nitrogens with one attached hydrogen (secondary N) is 1. The minimum atomic E-state index is -3.89. The lowest BCUT2D eigenvalue weighted by molar-refractivity contribution is 0.281. The van der Waals surface area contributed by atoms with Crippen molar-refractivity contribution in [2.45, 2.75) is 35.5 Å². The van der Waals surface area contributed by atoms with Crippen molar-refractivity contribution in [3.05, 3.63) is 29.6 Å². The van der Waals surface area contributed by atoms with Crippen LogP contribution in [0.4, 0.5) is 4.39 Å². The van der Waals surface area contributed by atoms with Crippen molar-refractivity contribution in [3.8, 4) is 0 Å². The number of aliphatic hydroxyl groups excluding tert-OH is 1. The van der Waals surface area contributed by atoms with Crippen LogP contribution < -0.4 is 4.72 Å². The van der Waals surface area contributed by atoms with Gasteiger partial charge in [0.05, 0.1) is 6.61 Å². The SMILES string of the molecule is CSC1(CNS(=O)(=O)c2cc(CO)ccc2F)CCC1. The lowest BCUT2D eigenvalue weighted by Crippen LogP contribution is -2.45. The van der Waals surface area contributed by atoms with E-state index in [2.05, 4.69) is 4.72 Å².